The molecule has 3 rings (SSSR count). The summed E-state index contributed by atoms with van der Waals surface area (Å²) in [6.07, 6.45) is 2.42. The summed E-state index contributed by atoms with van der Waals surface area (Å²) < 4.78 is 13.6. The summed E-state index contributed by atoms with van der Waals surface area (Å²) in [4.78, 5) is 31.5. The number of imidazole rings is 1. The Hall–Kier alpha value is -0.990. The second-order valence-electron chi connectivity index (χ2n) is 5.64. The third-order valence-electron chi connectivity index (χ3n) is 3.91. The number of nitrogens with two attached hydrogens (primary N) is 1. The van der Waals surface area contributed by atoms with Crippen LogP contribution in [0.2, 0.25) is 5.15 Å². The monoisotopic (exact) mass is 404 g/mol. The van der Waals surface area contributed by atoms with E-state index in [0.29, 0.717) is 36.1 Å². The molecule has 0 spiro atoms. The molecule has 0 saturated carbocycles. The van der Waals surface area contributed by atoms with Crippen molar-refractivity contribution in [2.45, 2.75) is 25.0 Å². The minimum atomic E-state index is -4.26. The molecule has 1 unspecified atom stereocenters. The molecule has 0 aliphatic heterocycles. The van der Waals surface area contributed by atoms with Crippen LogP contribution in [-0.2, 0) is 11.1 Å². The Morgan fingerprint density at radius 3 is 2.58 bits per heavy atom. The Bertz CT molecular complexity index is 934. The van der Waals surface area contributed by atoms with Crippen LogP contribution in [0.5, 0.6) is 0 Å². The molecule has 0 aliphatic rings. The van der Waals surface area contributed by atoms with Crippen molar-refractivity contribution in [1.29, 1.82) is 0 Å². The molecule has 0 amide bonds. The molecule has 1 atom stereocenters. The summed E-state index contributed by atoms with van der Waals surface area (Å²) in [5.41, 5.74) is 6.35. The Labute approximate surface area is 177 Å². The minimum absolute atomic E-state index is 0. The summed E-state index contributed by atoms with van der Waals surface area (Å²) in [5, 5.41) is 0.179. The number of aryl methyl sites for hydroxylation is 1. The molecule has 0 saturated heterocycles. The molecule has 8 nitrogen and oxygen atoms in total. The normalized spacial score (nSPS) is 12.7. The van der Waals surface area contributed by atoms with Crippen LogP contribution < -0.4 is 5.73 Å². The van der Waals surface area contributed by atoms with Gasteiger partial charge in [-0.2, -0.15) is 9.97 Å². The average Bonchev–Trinajstić information content (AvgIpc) is 2.94. The predicted octanol–water partition coefficient (Wildman–Crippen LogP) is 2.38. The van der Waals surface area contributed by atoms with Gasteiger partial charge < -0.3 is 20.1 Å². The topological polar surface area (TPSA) is 127 Å². The van der Waals surface area contributed by atoms with E-state index < -0.39 is 13.3 Å². The first-order valence-electron chi connectivity index (χ1n) is 7.60. The fourth-order valence-corrected chi connectivity index (χ4v) is 4.05. The van der Waals surface area contributed by atoms with Crippen molar-refractivity contribution in [2.24, 2.45) is 0 Å². The molecular weight excluding hydrogens is 388 g/mol. The van der Waals surface area contributed by atoms with E-state index in [9.17, 15) is 14.4 Å². The van der Waals surface area contributed by atoms with Crippen LogP contribution in [-0.4, -0.2) is 58.9 Å². The van der Waals surface area contributed by atoms with E-state index >= 15 is 0 Å². The zero-order valence-corrected chi connectivity index (χ0v) is 17.8. The number of aromatic nitrogens is 4. The van der Waals surface area contributed by atoms with E-state index in [1.165, 1.54) is 0 Å². The second kappa shape index (κ2) is 8.80. The molecule has 11 heteroatoms. The molecule has 0 bridgehead atoms. The third-order valence-corrected chi connectivity index (χ3v) is 5.54. The van der Waals surface area contributed by atoms with Gasteiger partial charge in [0.15, 0.2) is 10.8 Å². The first-order valence-corrected chi connectivity index (χ1v) is 9.66. The molecule has 3 aromatic rings. The van der Waals surface area contributed by atoms with Gasteiger partial charge >= 0.3 is 7.60 Å². The van der Waals surface area contributed by atoms with Crippen LogP contribution in [0.15, 0.2) is 36.7 Å². The van der Waals surface area contributed by atoms with Gasteiger partial charge in [-0.15, -0.1) is 0 Å². The van der Waals surface area contributed by atoms with Gasteiger partial charge in [0.25, 0.3) is 0 Å². The van der Waals surface area contributed by atoms with E-state index in [2.05, 4.69) is 15.0 Å². The Morgan fingerprint density at radius 1 is 1.23 bits per heavy atom. The van der Waals surface area contributed by atoms with Gasteiger partial charge in [0, 0.05) is 36.1 Å². The zero-order chi connectivity index (χ0) is 18.0. The third kappa shape index (κ3) is 4.84. The molecule has 26 heavy (non-hydrogen) atoms. The van der Waals surface area contributed by atoms with Crippen molar-refractivity contribution in [3.05, 3.63) is 47.4 Å². The number of hydrogen-bond acceptors (Lipinski definition) is 5. The maximum absolute atomic E-state index is 11.8. The van der Waals surface area contributed by atoms with Crippen molar-refractivity contribution in [3.8, 4) is 0 Å². The van der Waals surface area contributed by atoms with Gasteiger partial charge in [0.2, 0.25) is 5.95 Å². The Balaban J connectivity index is 0.00000243. The van der Waals surface area contributed by atoms with Crippen molar-refractivity contribution in [2.75, 3.05) is 5.73 Å². The number of benzene rings is 1. The van der Waals surface area contributed by atoms with Gasteiger partial charge in [-0.3, -0.25) is 4.57 Å². The fraction of sp³-hybridized carbons (Fsp3) is 0.267. The van der Waals surface area contributed by atoms with Gasteiger partial charge in [-0.1, -0.05) is 41.9 Å². The summed E-state index contributed by atoms with van der Waals surface area (Å²) in [6, 6.07) is 8.80. The average molecular weight is 405 g/mol. The number of anilines is 1. The summed E-state index contributed by atoms with van der Waals surface area (Å²) in [6.45, 7) is 0.479. The molecule has 1 aromatic carbocycles. The molecular formula is C15H17ClN5NaO3P. The van der Waals surface area contributed by atoms with Crippen LogP contribution >= 0.6 is 19.2 Å². The standard InChI is InChI=1S/C15H17ClN5O3P.Na/c16-13-12-14(20-15(17)19-13)21(9-18-12)8-4-7-11(25(22,23)24)10-5-2-1-3-6-10;/h1-3,5-6,9,11H,4,7-8H2,(H2,17,19,20)(H2,22,23,24);. The Kier molecular flexibility index (Phi) is 7.21. The van der Waals surface area contributed by atoms with E-state index in [1.54, 1.807) is 35.2 Å². The van der Waals surface area contributed by atoms with E-state index in [1.807, 2.05) is 6.07 Å². The number of halogens is 1. The van der Waals surface area contributed by atoms with Gasteiger partial charge in [-0.05, 0) is 18.4 Å². The first kappa shape index (κ1) is 21.3. The molecule has 1 radical (unpaired) electrons. The minimum Gasteiger partial charge on any atom is -0.368 e. The second-order valence-corrected chi connectivity index (χ2v) is 7.80. The van der Waals surface area contributed by atoms with Crippen LogP contribution in [0.1, 0.15) is 24.1 Å². The Morgan fingerprint density at radius 2 is 1.92 bits per heavy atom. The van der Waals surface area contributed by atoms with Crippen LogP contribution in [0.4, 0.5) is 5.95 Å². The molecule has 0 aliphatic carbocycles. The van der Waals surface area contributed by atoms with Crippen molar-refractivity contribution >= 4 is 65.9 Å². The number of nitrogens with zero attached hydrogens (tertiary/aromatic N) is 4. The van der Waals surface area contributed by atoms with E-state index in [4.69, 9.17) is 17.3 Å². The number of rotatable bonds is 6. The van der Waals surface area contributed by atoms with Gasteiger partial charge in [0.05, 0.1) is 12.0 Å². The molecule has 0 fully saturated rings. The van der Waals surface area contributed by atoms with Crippen LogP contribution in [0.25, 0.3) is 11.2 Å². The van der Waals surface area contributed by atoms with Gasteiger partial charge in [-0.25, -0.2) is 4.98 Å². The van der Waals surface area contributed by atoms with Gasteiger partial charge in [0.1, 0.15) is 5.52 Å². The number of hydrogen-bond donors (Lipinski definition) is 3. The maximum atomic E-state index is 11.8. The fourth-order valence-electron chi connectivity index (χ4n) is 2.75. The molecule has 2 aromatic heterocycles. The SMILES string of the molecule is Nc1nc(Cl)c2ncn(CCCC(c3ccccc3)P(=O)(O)O)c2n1.[Na]. The van der Waals surface area contributed by atoms with Crippen LogP contribution in [0, 0.1) is 0 Å². The van der Waals surface area contributed by atoms with Crippen LogP contribution in [0.3, 0.4) is 0 Å². The summed E-state index contributed by atoms with van der Waals surface area (Å²) >= 11 is 5.99. The number of nitrogen functional groups attached to an aromatic ring is 1. The molecule has 2 heterocycles. The smallest absolute Gasteiger partial charge is 0.332 e. The first-order chi connectivity index (χ1) is 11.9. The summed E-state index contributed by atoms with van der Waals surface area (Å²) in [5.74, 6) is 0.0524. The van der Waals surface area contributed by atoms with E-state index in [0.717, 1.165) is 0 Å². The molecule has 133 valence electrons. The summed E-state index contributed by atoms with van der Waals surface area (Å²) in [7, 11) is -4.26. The predicted molar refractivity (Wildman–Crippen MR) is 101 cm³/mol. The largest absolute Gasteiger partial charge is 0.368 e. The quantitative estimate of drug-likeness (QED) is 0.327. The van der Waals surface area contributed by atoms with Crippen molar-refractivity contribution in [3.63, 3.8) is 0 Å². The maximum Gasteiger partial charge on any atom is 0.332 e. The van der Waals surface area contributed by atoms with Crippen molar-refractivity contribution < 1.29 is 14.4 Å². The van der Waals surface area contributed by atoms with E-state index in [-0.39, 0.29) is 40.7 Å². The number of fused-ring (bicyclic) bond motifs is 1. The molecule has 4 N–H and O–H groups in total. The van der Waals surface area contributed by atoms with Crippen molar-refractivity contribution in [1.82, 2.24) is 19.5 Å². The zero-order valence-electron chi connectivity index (χ0n) is 14.2.